The topological polar surface area (TPSA) is 106 Å². The third-order valence-corrected chi connectivity index (χ3v) is 3.68. The number of methoxy groups -OCH3 is 1. The van der Waals surface area contributed by atoms with Crippen molar-refractivity contribution in [3.8, 4) is 5.75 Å². The van der Waals surface area contributed by atoms with Crippen LogP contribution in [0.5, 0.6) is 5.75 Å². The molecule has 0 amide bonds. The number of hydrogen-bond acceptors (Lipinski definition) is 5. The molecular weight excluding hydrogens is 272 g/mol. The fraction of sp³-hybridized carbons (Fsp3) is 0.455. The monoisotopic (exact) mass is 288 g/mol. The second kappa shape index (κ2) is 6.48. The average molecular weight is 288 g/mol. The molecular formula is C11H16N2O5S. The first kappa shape index (κ1) is 15.4. The van der Waals surface area contributed by atoms with Gasteiger partial charge in [0.25, 0.3) is 10.0 Å². The van der Waals surface area contributed by atoms with Crippen molar-refractivity contribution in [2.45, 2.75) is 18.4 Å². The molecule has 2 N–H and O–H groups in total. The number of sulfonamides is 1. The molecule has 1 rings (SSSR count). The van der Waals surface area contributed by atoms with Crippen molar-refractivity contribution in [3.05, 3.63) is 18.3 Å². The van der Waals surface area contributed by atoms with Gasteiger partial charge >= 0.3 is 5.97 Å². The van der Waals surface area contributed by atoms with E-state index in [1.54, 1.807) is 6.92 Å². The number of nitrogens with one attached hydrogen (secondary N) is 1. The Morgan fingerprint density at radius 3 is 2.84 bits per heavy atom. The average Bonchev–Trinajstić information content (AvgIpc) is 2.36. The molecule has 0 bridgehead atoms. The van der Waals surface area contributed by atoms with Gasteiger partial charge in [0, 0.05) is 25.2 Å². The van der Waals surface area contributed by atoms with Gasteiger partial charge in [-0.3, -0.25) is 4.79 Å². The predicted molar refractivity (Wildman–Crippen MR) is 67.4 cm³/mol. The van der Waals surface area contributed by atoms with Crippen LogP contribution in [0.3, 0.4) is 0 Å². The van der Waals surface area contributed by atoms with Gasteiger partial charge in [-0.2, -0.15) is 0 Å². The summed E-state index contributed by atoms with van der Waals surface area (Å²) in [5.41, 5.74) is 0. The standard InChI is InChI=1S/C11H16N2O5S/c1-8(5-11(14)15)7-13-19(16,17)10-6-9(18-2)3-4-12-10/h3-4,6,8,13H,5,7H2,1-2H3,(H,14,15). The second-order valence-corrected chi connectivity index (χ2v) is 5.80. The maximum atomic E-state index is 11.9. The zero-order chi connectivity index (χ0) is 14.5. The molecule has 0 spiro atoms. The van der Waals surface area contributed by atoms with Gasteiger partial charge in [0.2, 0.25) is 0 Å². The van der Waals surface area contributed by atoms with E-state index < -0.39 is 16.0 Å². The highest BCUT2D eigenvalue weighted by Crippen LogP contribution is 2.14. The quantitative estimate of drug-likeness (QED) is 0.756. The highest BCUT2D eigenvalue weighted by atomic mass is 32.2. The summed E-state index contributed by atoms with van der Waals surface area (Å²) in [4.78, 5) is 14.2. The number of carbonyl (C=O) groups is 1. The summed E-state index contributed by atoms with van der Waals surface area (Å²) in [6.07, 6.45) is 1.22. The van der Waals surface area contributed by atoms with E-state index in [9.17, 15) is 13.2 Å². The molecule has 1 heterocycles. The molecule has 0 aliphatic heterocycles. The maximum absolute atomic E-state index is 11.9. The predicted octanol–water partition coefficient (Wildman–Crippen LogP) is 0.479. The van der Waals surface area contributed by atoms with Crippen LogP contribution in [0.4, 0.5) is 0 Å². The summed E-state index contributed by atoms with van der Waals surface area (Å²) in [5.74, 6) is -0.891. The number of rotatable bonds is 7. The van der Waals surface area contributed by atoms with Crippen molar-refractivity contribution in [3.63, 3.8) is 0 Å². The van der Waals surface area contributed by atoms with Crippen molar-refractivity contribution >= 4 is 16.0 Å². The largest absolute Gasteiger partial charge is 0.497 e. The molecule has 1 aromatic heterocycles. The summed E-state index contributed by atoms with van der Waals surface area (Å²) in [6, 6.07) is 2.83. The first-order valence-corrected chi connectivity index (χ1v) is 7.05. The third-order valence-electron chi connectivity index (χ3n) is 2.36. The van der Waals surface area contributed by atoms with Crippen LogP contribution in [0.15, 0.2) is 23.4 Å². The Morgan fingerprint density at radius 2 is 2.26 bits per heavy atom. The van der Waals surface area contributed by atoms with Crippen molar-refractivity contribution < 1.29 is 23.1 Å². The minimum atomic E-state index is -3.76. The number of aromatic nitrogens is 1. The molecule has 8 heteroatoms. The minimum Gasteiger partial charge on any atom is -0.497 e. The van der Waals surface area contributed by atoms with E-state index in [1.165, 1.54) is 25.4 Å². The van der Waals surface area contributed by atoms with Gasteiger partial charge in [-0.1, -0.05) is 6.92 Å². The van der Waals surface area contributed by atoms with Crippen LogP contribution in [0.25, 0.3) is 0 Å². The highest BCUT2D eigenvalue weighted by molar-refractivity contribution is 7.89. The molecule has 0 saturated carbocycles. The van der Waals surface area contributed by atoms with Gasteiger partial charge in [0.05, 0.1) is 7.11 Å². The fourth-order valence-electron chi connectivity index (χ4n) is 1.36. The lowest BCUT2D eigenvalue weighted by molar-refractivity contribution is -0.137. The number of carboxylic acid groups (broad SMARTS) is 1. The van der Waals surface area contributed by atoms with Crippen molar-refractivity contribution in [2.24, 2.45) is 5.92 Å². The number of aliphatic carboxylic acids is 1. The van der Waals surface area contributed by atoms with E-state index in [-0.39, 0.29) is 23.9 Å². The summed E-state index contributed by atoms with van der Waals surface area (Å²) >= 11 is 0. The number of pyridine rings is 1. The normalized spacial score (nSPS) is 12.9. The summed E-state index contributed by atoms with van der Waals surface area (Å²) < 4.78 is 31.1. The summed E-state index contributed by atoms with van der Waals surface area (Å²) in [5, 5.41) is 8.43. The highest BCUT2D eigenvalue weighted by Gasteiger charge is 2.18. The molecule has 0 aliphatic rings. The van der Waals surface area contributed by atoms with Crippen LogP contribution in [-0.2, 0) is 14.8 Å². The number of ether oxygens (including phenoxy) is 1. The lowest BCUT2D eigenvalue weighted by atomic mass is 10.1. The molecule has 0 fully saturated rings. The Morgan fingerprint density at radius 1 is 1.58 bits per heavy atom. The molecule has 1 aromatic rings. The summed E-state index contributed by atoms with van der Waals surface area (Å²) in [6.45, 7) is 1.68. The van der Waals surface area contributed by atoms with Crippen molar-refractivity contribution in [2.75, 3.05) is 13.7 Å². The van der Waals surface area contributed by atoms with Gasteiger partial charge in [-0.05, 0) is 12.0 Å². The zero-order valence-corrected chi connectivity index (χ0v) is 11.5. The minimum absolute atomic E-state index is 0.0352. The van der Waals surface area contributed by atoms with Crippen LogP contribution >= 0.6 is 0 Å². The van der Waals surface area contributed by atoms with Gasteiger partial charge in [-0.15, -0.1) is 0 Å². The van der Waals surface area contributed by atoms with Crippen LogP contribution in [-0.4, -0.2) is 38.1 Å². The number of carboxylic acids is 1. The lowest BCUT2D eigenvalue weighted by Gasteiger charge is -2.11. The Balaban J connectivity index is 2.72. The van der Waals surface area contributed by atoms with E-state index in [1.807, 2.05) is 0 Å². The molecule has 0 saturated heterocycles. The van der Waals surface area contributed by atoms with Crippen LogP contribution < -0.4 is 9.46 Å². The molecule has 7 nitrogen and oxygen atoms in total. The molecule has 1 atom stereocenters. The van der Waals surface area contributed by atoms with E-state index in [2.05, 4.69) is 9.71 Å². The zero-order valence-electron chi connectivity index (χ0n) is 10.7. The summed E-state index contributed by atoms with van der Waals surface area (Å²) in [7, 11) is -2.33. The van der Waals surface area contributed by atoms with Gasteiger partial charge in [0.1, 0.15) is 5.75 Å². The third kappa shape index (κ3) is 4.84. The Kier molecular flexibility index (Phi) is 5.25. The van der Waals surface area contributed by atoms with Crippen molar-refractivity contribution in [1.29, 1.82) is 0 Å². The molecule has 0 aromatic carbocycles. The van der Waals surface area contributed by atoms with E-state index in [0.717, 1.165) is 0 Å². The second-order valence-electron chi connectivity index (χ2n) is 4.09. The Labute approximate surface area is 111 Å². The Hall–Kier alpha value is -1.67. The Bertz CT molecular complexity index is 544. The number of nitrogens with zero attached hydrogens (tertiary/aromatic N) is 1. The molecule has 0 radical (unpaired) electrons. The van der Waals surface area contributed by atoms with E-state index in [4.69, 9.17) is 9.84 Å². The van der Waals surface area contributed by atoms with Crippen LogP contribution in [0, 0.1) is 5.92 Å². The lowest BCUT2D eigenvalue weighted by Crippen LogP contribution is -2.29. The van der Waals surface area contributed by atoms with Crippen LogP contribution in [0.1, 0.15) is 13.3 Å². The van der Waals surface area contributed by atoms with Crippen LogP contribution in [0.2, 0.25) is 0 Å². The number of hydrogen-bond donors (Lipinski definition) is 2. The molecule has 19 heavy (non-hydrogen) atoms. The van der Waals surface area contributed by atoms with Gasteiger partial charge in [0.15, 0.2) is 5.03 Å². The molecule has 1 unspecified atom stereocenters. The van der Waals surface area contributed by atoms with Gasteiger partial charge in [-0.25, -0.2) is 18.1 Å². The van der Waals surface area contributed by atoms with Crippen molar-refractivity contribution in [1.82, 2.24) is 9.71 Å². The SMILES string of the molecule is COc1ccnc(S(=O)(=O)NCC(C)CC(=O)O)c1. The van der Waals surface area contributed by atoms with Gasteiger partial charge < -0.3 is 9.84 Å². The molecule has 0 aliphatic carbocycles. The maximum Gasteiger partial charge on any atom is 0.303 e. The fourth-order valence-corrected chi connectivity index (χ4v) is 2.48. The first-order chi connectivity index (χ1) is 8.85. The molecule has 106 valence electrons. The van der Waals surface area contributed by atoms with E-state index >= 15 is 0 Å². The smallest absolute Gasteiger partial charge is 0.303 e. The van der Waals surface area contributed by atoms with E-state index in [0.29, 0.717) is 5.75 Å². The first-order valence-electron chi connectivity index (χ1n) is 5.56.